The quantitative estimate of drug-likeness (QED) is 0.849. The van der Waals surface area contributed by atoms with Gasteiger partial charge in [-0.05, 0) is 42.3 Å². The summed E-state index contributed by atoms with van der Waals surface area (Å²) in [6.45, 7) is 3.09. The molecule has 1 unspecified atom stereocenters. The third-order valence-corrected chi connectivity index (χ3v) is 3.36. The van der Waals surface area contributed by atoms with Crippen LogP contribution in [0.2, 0.25) is 0 Å². The van der Waals surface area contributed by atoms with Gasteiger partial charge in [0.15, 0.2) is 11.5 Å². The summed E-state index contributed by atoms with van der Waals surface area (Å²) < 4.78 is 10.7. The molecule has 0 amide bonds. The molecule has 0 fully saturated rings. The first-order chi connectivity index (χ1) is 10.3. The van der Waals surface area contributed by atoms with Gasteiger partial charge >= 0.3 is 0 Å². The number of nitrogens with zero attached hydrogens (tertiary/aromatic N) is 1. The standard InChI is InChI=1S/C17H22N2O2/c1-4-9-19-17(14-6-5-10-18-12-14)13-7-8-15(20-2)16(11-13)21-3/h5-8,10-12,17,19H,4,9H2,1-3H3. The van der Waals surface area contributed by atoms with Crippen LogP contribution < -0.4 is 14.8 Å². The second-order valence-electron chi connectivity index (χ2n) is 4.79. The summed E-state index contributed by atoms with van der Waals surface area (Å²) in [7, 11) is 3.30. The van der Waals surface area contributed by atoms with E-state index in [1.165, 1.54) is 0 Å². The van der Waals surface area contributed by atoms with Crippen molar-refractivity contribution in [3.8, 4) is 11.5 Å². The third-order valence-electron chi connectivity index (χ3n) is 3.36. The zero-order valence-electron chi connectivity index (χ0n) is 12.8. The molecule has 0 saturated carbocycles. The van der Waals surface area contributed by atoms with E-state index in [2.05, 4.69) is 29.4 Å². The molecule has 1 aromatic carbocycles. The van der Waals surface area contributed by atoms with E-state index in [4.69, 9.17) is 9.47 Å². The maximum atomic E-state index is 5.40. The fraction of sp³-hybridized carbons (Fsp3) is 0.353. The van der Waals surface area contributed by atoms with E-state index in [1.54, 1.807) is 20.4 Å². The largest absolute Gasteiger partial charge is 0.493 e. The van der Waals surface area contributed by atoms with Gasteiger partial charge in [-0.2, -0.15) is 0 Å². The van der Waals surface area contributed by atoms with E-state index in [0.717, 1.165) is 35.6 Å². The molecular formula is C17H22N2O2. The Balaban J connectivity index is 2.36. The molecule has 4 heteroatoms. The molecule has 0 aliphatic rings. The average Bonchev–Trinajstić information content (AvgIpc) is 2.56. The minimum atomic E-state index is 0.0958. The summed E-state index contributed by atoms with van der Waals surface area (Å²) in [5, 5.41) is 3.55. The minimum absolute atomic E-state index is 0.0958. The Bertz CT molecular complexity index is 558. The third kappa shape index (κ3) is 3.73. The molecule has 1 aromatic heterocycles. The van der Waals surface area contributed by atoms with Crippen LogP contribution in [-0.2, 0) is 0 Å². The van der Waals surface area contributed by atoms with Crippen LogP contribution in [0.15, 0.2) is 42.7 Å². The Labute approximate surface area is 126 Å². The van der Waals surface area contributed by atoms with Crippen molar-refractivity contribution in [1.82, 2.24) is 10.3 Å². The monoisotopic (exact) mass is 286 g/mol. The van der Waals surface area contributed by atoms with Crippen molar-refractivity contribution < 1.29 is 9.47 Å². The van der Waals surface area contributed by atoms with Gasteiger partial charge in [0, 0.05) is 12.4 Å². The highest BCUT2D eigenvalue weighted by Crippen LogP contribution is 2.32. The predicted octanol–water partition coefficient (Wildman–Crippen LogP) is 3.19. The Morgan fingerprint density at radius 1 is 1.10 bits per heavy atom. The zero-order chi connectivity index (χ0) is 15.1. The molecule has 0 bridgehead atoms. The van der Waals surface area contributed by atoms with E-state index in [1.807, 2.05) is 24.4 Å². The topological polar surface area (TPSA) is 43.4 Å². The fourth-order valence-electron chi connectivity index (χ4n) is 2.30. The Morgan fingerprint density at radius 3 is 2.52 bits per heavy atom. The summed E-state index contributed by atoms with van der Waals surface area (Å²) in [6.07, 6.45) is 4.75. The predicted molar refractivity (Wildman–Crippen MR) is 83.9 cm³/mol. The maximum absolute atomic E-state index is 5.40. The fourth-order valence-corrected chi connectivity index (χ4v) is 2.30. The van der Waals surface area contributed by atoms with Crippen LogP contribution in [-0.4, -0.2) is 25.7 Å². The minimum Gasteiger partial charge on any atom is -0.493 e. The van der Waals surface area contributed by atoms with E-state index in [-0.39, 0.29) is 6.04 Å². The van der Waals surface area contributed by atoms with Gasteiger partial charge in [-0.1, -0.05) is 19.1 Å². The van der Waals surface area contributed by atoms with E-state index in [0.29, 0.717) is 0 Å². The number of aromatic nitrogens is 1. The normalized spacial score (nSPS) is 12.0. The molecule has 0 radical (unpaired) electrons. The maximum Gasteiger partial charge on any atom is 0.161 e. The smallest absolute Gasteiger partial charge is 0.161 e. The summed E-state index contributed by atoms with van der Waals surface area (Å²) in [5.41, 5.74) is 2.27. The van der Waals surface area contributed by atoms with Crippen molar-refractivity contribution >= 4 is 0 Å². The Kier molecular flexibility index (Phi) is 5.58. The first-order valence-electron chi connectivity index (χ1n) is 7.15. The highest BCUT2D eigenvalue weighted by Gasteiger charge is 2.15. The van der Waals surface area contributed by atoms with Crippen molar-refractivity contribution in [2.45, 2.75) is 19.4 Å². The highest BCUT2D eigenvalue weighted by atomic mass is 16.5. The molecule has 0 aliphatic heterocycles. The number of benzene rings is 1. The van der Waals surface area contributed by atoms with Crippen molar-refractivity contribution in [2.24, 2.45) is 0 Å². The first kappa shape index (κ1) is 15.3. The van der Waals surface area contributed by atoms with Gasteiger partial charge in [-0.3, -0.25) is 4.98 Å². The molecule has 1 atom stereocenters. The Morgan fingerprint density at radius 2 is 1.90 bits per heavy atom. The summed E-state index contributed by atoms with van der Waals surface area (Å²) in [4.78, 5) is 4.22. The molecule has 2 rings (SSSR count). The van der Waals surface area contributed by atoms with Crippen LogP contribution in [0.1, 0.15) is 30.5 Å². The van der Waals surface area contributed by atoms with Crippen LogP contribution in [0.25, 0.3) is 0 Å². The van der Waals surface area contributed by atoms with Gasteiger partial charge in [-0.15, -0.1) is 0 Å². The molecule has 0 aliphatic carbocycles. The van der Waals surface area contributed by atoms with Gasteiger partial charge in [0.2, 0.25) is 0 Å². The van der Waals surface area contributed by atoms with Gasteiger partial charge in [0.05, 0.1) is 20.3 Å². The van der Waals surface area contributed by atoms with Crippen LogP contribution in [0.3, 0.4) is 0 Å². The lowest BCUT2D eigenvalue weighted by Crippen LogP contribution is -2.23. The van der Waals surface area contributed by atoms with Crippen LogP contribution in [0.5, 0.6) is 11.5 Å². The second kappa shape index (κ2) is 7.64. The lowest BCUT2D eigenvalue weighted by molar-refractivity contribution is 0.354. The van der Waals surface area contributed by atoms with E-state index >= 15 is 0 Å². The van der Waals surface area contributed by atoms with Crippen molar-refractivity contribution in [3.63, 3.8) is 0 Å². The second-order valence-corrected chi connectivity index (χ2v) is 4.79. The first-order valence-corrected chi connectivity index (χ1v) is 7.15. The highest BCUT2D eigenvalue weighted by molar-refractivity contribution is 5.45. The van der Waals surface area contributed by atoms with Crippen molar-refractivity contribution in [2.75, 3.05) is 20.8 Å². The molecule has 1 heterocycles. The van der Waals surface area contributed by atoms with Gasteiger partial charge < -0.3 is 14.8 Å². The lowest BCUT2D eigenvalue weighted by Gasteiger charge is -2.20. The van der Waals surface area contributed by atoms with Gasteiger partial charge in [0.25, 0.3) is 0 Å². The molecule has 2 aromatic rings. The molecular weight excluding hydrogens is 264 g/mol. The number of ether oxygens (including phenoxy) is 2. The summed E-state index contributed by atoms with van der Waals surface area (Å²) in [5.74, 6) is 1.48. The molecule has 4 nitrogen and oxygen atoms in total. The zero-order valence-corrected chi connectivity index (χ0v) is 12.8. The van der Waals surface area contributed by atoms with Crippen LogP contribution >= 0.6 is 0 Å². The molecule has 112 valence electrons. The molecule has 0 saturated heterocycles. The number of rotatable bonds is 7. The summed E-state index contributed by atoms with van der Waals surface area (Å²) >= 11 is 0. The number of nitrogens with one attached hydrogen (secondary N) is 1. The molecule has 0 spiro atoms. The lowest BCUT2D eigenvalue weighted by atomic mass is 9.99. The van der Waals surface area contributed by atoms with Crippen molar-refractivity contribution in [3.05, 3.63) is 53.9 Å². The average molecular weight is 286 g/mol. The van der Waals surface area contributed by atoms with Crippen LogP contribution in [0, 0.1) is 0 Å². The number of hydrogen-bond donors (Lipinski definition) is 1. The van der Waals surface area contributed by atoms with Gasteiger partial charge in [0.1, 0.15) is 0 Å². The SMILES string of the molecule is CCCNC(c1cccnc1)c1ccc(OC)c(OC)c1. The van der Waals surface area contributed by atoms with Gasteiger partial charge in [-0.25, -0.2) is 0 Å². The Hall–Kier alpha value is -2.07. The number of hydrogen-bond acceptors (Lipinski definition) is 4. The van der Waals surface area contributed by atoms with E-state index in [9.17, 15) is 0 Å². The molecule has 21 heavy (non-hydrogen) atoms. The van der Waals surface area contributed by atoms with E-state index < -0.39 is 0 Å². The number of pyridine rings is 1. The number of methoxy groups -OCH3 is 2. The molecule has 1 N–H and O–H groups in total. The van der Waals surface area contributed by atoms with Crippen LogP contribution in [0.4, 0.5) is 0 Å². The van der Waals surface area contributed by atoms with Crippen molar-refractivity contribution in [1.29, 1.82) is 0 Å². The summed E-state index contributed by atoms with van der Waals surface area (Å²) in [6, 6.07) is 10.1.